The van der Waals surface area contributed by atoms with E-state index in [-0.39, 0.29) is 0 Å². The molecule has 0 saturated heterocycles. The highest BCUT2D eigenvalue weighted by atomic mass is 14.9. The van der Waals surface area contributed by atoms with Crippen LogP contribution in [0.1, 0.15) is 64.9 Å². The number of nitrogens with one attached hydrogen (secondary N) is 1. The first-order valence-corrected chi connectivity index (χ1v) is 7.00. The first-order valence-electron chi connectivity index (χ1n) is 7.00. The molecule has 0 bridgehead atoms. The van der Waals surface area contributed by atoms with Crippen LogP contribution in [-0.4, -0.2) is 6.04 Å². The molecule has 0 amide bonds. The van der Waals surface area contributed by atoms with E-state index in [9.17, 15) is 0 Å². The lowest BCUT2D eigenvalue weighted by Gasteiger charge is -2.15. The van der Waals surface area contributed by atoms with Crippen molar-refractivity contribution in [1.82, 2.24) is 0 Å². The summed E-state index contributed by atoms with van der Waals surface area (Å²) in [5.41, 5.74) is 2.66. The standard InChI is InChI=1S/C16H27N/c1-5-6-7-8-14(4)17-16-11-9-15(10-12-16)13(2)3/h9-14,17H,5-8H2,1-4H3. The molecule has 0 aliphatic carbocycles. The van der Waals surface area contributed by atoms with Gasteiger partial charge in [-0.2, -0.15) is 0 Å². The van der Waals surface area contributed by atoms with E-state index in [2.05, 4.69) is 57.3 Å². The van der Waals surface area contributed by atoms with E-state index in [0.29, 0.717) is 12.0 Å². The molecule has 96 valence electrons. The minimum atomic E-state index is 0.575. The molecule has 1 rings (SSSR count). The summed E-state index contributed by atoms with van der Waals surface area (Å²) in [6.07, 6.45) is 5.24. The van der Waals surface area contributed by atoms with E-state index in [1.165, 1.54) is 36.9 Å². The Morgan fingerprint density at radius 2 is 1.65 bits per heavy atom. The second kappa shape index (κ2) is 7.37. The zero-order valence-corrected chi connectivity index (χ0v) is 11.8. The number of hydrogen-bond donors (Lipinski definition) is 1. The van der Waals surface area contributed by atoms with E-state index in [1.807, 2.05) is 0 Å². The lowest BCUT2D eigenvalue weighted by molar-refractivity contribution is 0.615. The van der Waals surface area contributed by atoms with Crippen LogP contribution in [0.25, 0.3) is 0 Å². The normalized spacial score (nSPS) is 12.8. The highest BCUT2D eigenvalue weighted by Crippen LogP contribution is 2.18. The van der Waals surface area contributed by atoms with Gasteiger partial charge >= 0.3 is 0 Å². The van der Waals surface area contributed by atoms with Crippen LogP contribution >= 0.6 is 0 Å². The predicted octanol–water partition coefficient (Wildman–Crippen LogP) is 5.19. The summed E-state index contributed by atoms with van der Waals surface area (Å²) in [5, 5.41) is 3.57. The van der Waals surface area contributed by atoms with Crippen molar-refractivity contribution in [3.05, 3.63) is 29.8 Å². The fraction of sp³-hybridized carbons (Fsp3) is 0.625. The molecule has 1 unspecified atom stereocenters. The molecule has 0 aromatic heterocycles. The van der Waals surface area contributed by atoms with E-state index in [0.717, 1.165) is 0 Å². The van der Waals surface area contributed by atoms with Crippen molar-refractivity contribution in [2.45, 2.75) is 65.3 Å². The number of benzene rings is 1. The van der Waals surface area contributed by atoms with Gasteiger partial charge in [0.25, 0.3) is 0 Å². The second-order valence-corrected chi connectivity index (χ2v) is 5.32. The predicted molar refractivity (Wildman–Crippen MR) is 77.8 cm³/mol. The van der Waals surface area contributed by atoms with Crippen LogP contribution in [0.5, 0.6) is 0 Å². The molecular weight excluding hydrogens is 206 g/mol. The van der Waals surface area contributed by atoms with Crippen LogP contribution in [-0.2, 0) is 0 Å². The minimum absolute atomic E-state index is 0.575. The smallest absolute Gasteiger partial charge is 0.0342 e. The lowest BCUT2D eigenvalue weighted by atomic mass is 10.0. The van der Waals surface area contributed by atoms with Gasteiger partial charge in [0.05, 0.1) is 0 Å². The Hall–Kier alpha value is -0.980. The van der Waals surface area contributed by atoms with Gasteiger partial charge in [0.15, 0.2) is 0 Å². The van der Waals surface area contributed by atoms with Crippen LogP contribution in [0.15, 0.2) is 24.3 Å². The van der Waals surface area contributed by atoms with Crippen LogP contribution < -0.4 is 5.32 Å². The summed E-state index contributed by atoms with van der Waals surface area (Å²) >= 11 is 0. The lowest BCUT2D eigenvalue weighted by Crippen LogP contribution is -2.14. The van der Waals surface area contributed by atoms with Crippen molar-refractivity contribution >= 4 is 5.69 Å². The molecule has 0 spiro atoms. The molecule has 1 aromatic rings. The van der Waals surface area contributed by atoms with Crippen LogP contribution in [0, 0.1) is 0 Å². The van der Waals surface area contributed by atoms with Gasteiger partial charge in [0.1, 0.15) is 0 Å². The molecular formula is C16H27N. The summed E-state index contributed by atoms with van der Waals surface area (Å²) in [6, 6.07) is 9.43. The molecule has 0 aliphatic heterocycles. The molecule has 0 heterocycles. The van der Waals surface area contributed by atoms with Crippen molar-refractivity contribution < 1.29 is 0 Å². The van der Waals surface area contributed by atoms with Gasteiger partial charge in [-0.1, -0.05) is 52.2 Å². The molecule has 0 fully saturated rings. The van der Waals surface area contributed by atoms with Crippen LogP contribution in [0.2, 0.25) is 0 Å². The quantitative estimate of drug-likeness (QED) is 0.639. The molecule has 1 N–H and O–H groups in total. The van der Waals surface area contributed by atoms with Crippen molar-refractivity contribution in [3.63, 3.8) is 0 Å². The summed E-state index contributed by atoms with van der Waals surface area (Å²) in [4.78, 5) is 0. The number of rotatable bonds is 7. The molecule has 1 atom stereocenters. The summed E-state index contributed by atoms with van der Waals surface area (Å²) in [6.45, 7) is 8.99. The molecule has 0 aliphatic rings. The third kappa shape index (κ3) is 5.25. The monoisotopic (exact) mass is 233 g/mol. The second-order valence-electron chi connectivity index (χ2n) is 5.32. The third-order valence-corrected chi connectivity index (χ3v) is 3.23. The Labute approximate surface area is 107 Å². The van der Waals surface area contributed by atoms with Gasteiger partial charge in [-0.3, -0.25) is 0 Å². The maximum absolute atomic E-state index is 3.57. The first-order chi connectivity index (χ1) is 8.13. The molecule has 17 heavy (non-hydrogen) atoms. The van der Waals surface area contributed by atoms with E-state index in [4.69, 9.17) is 0 Å². The fourth-order valence-electron chi connectivity index (χ4n) is 2.02. The van der Waals surface area contributed by atoms with E-state index >= 15 is 0 Å². The third-order valence-electron chi connectivity index (χ3n) is 3.23. The Morgan fingerprint density at radius 1 is 1.00 bits per heavy atom. The maximum atomic E-state index is 3.57. The largest absolute Gasteiger partial charge is 0.383 e. The Balaban J connectivity index is 2.40. The van der Waals surface area contributed by atoms with Crippen molar-refractivity contribution in [2.24, 2.45) is 0 Å². The number of anilines is 1. The van der Waals surface area contributed by atoms with Gasteiger partial charge in [-0.15, -0.1) is 0 Å². The molecule has 1 nitrogen and oxygen atoms in total. The highest BCUT2D eigenvalue weighted by molar-refractivity contribution is 5.45. The van der Waals surface area contributed by atoms with Crippen LogP contribution in [0.3, 0.4) is 0 Å². The molecule has 0 radical (unpaired) electrons. The van der Waals surface area contributed by atoms with Gasteiger partial charge in [0.2, 0.25) is 0 Å². The zero-order chi connectivity index (χ0) is 12.7. The fourth-order valence-corrected chi connectivity index (χ4v) is 2.02. The first kappa shape index (κ1) is 14.1. The average molecular weight is 233 g/mol. The van der Waals surface area contributed by atoms with Gasteiger partial charge in [0, 0.05) is 11.7 Å². The van der Waals surface area contributed by atoms with Crippen LogP contribution in [0.4, 0.5) is 5.69 Å². The molecule has 1 aromatic carbocycles. The number of unbranched alkanes of at least 4 members (excludes halogenated alkanes) is 2. The number of hydrogen-bond acceptors (Lipinski definition) is 1. The van der Waals surface area contributed by atoms with E-state index in [1.54, 1.807) is 0 Å². The van der Waals surface area contributed by atoms with E-state index < -0.39 is 0 Å². The minimum Gasteiger partial charge on any atom is -0.383 e. The average Bonchev–Trinajstić information content (AvgIpc) is 2.30. The summed E-state index contributed by atoms with van der Waals surface area (Å²) in [7, 11) is 0. The van der Waals surface area contributed by atoms with Crippen molar-refractivity contribution in [3.8, 4) is 0 Å². The topological polar surface area (TPSA) is 12.0 Å². The summed E-state index contributed by atoms with van der Waals surface area (Å²) < 4.78 is 0. The SMILES string of the molecule is CCCCCC(C)Nc1ccc(C(C)C)cc1. The van der Waals surface area contributed by atoms with Gasteiger partial charge in [-0.25, -0.2) is 0 Å². The van der Waals surface area contributed by atoms with Crippen molar-refractivity contribution in [2.75, 3.05) is 5.32 Å². The summed E-state index contributed by atoms with van der Waals surface area (Å²) in [5.74, 6) is 0.617. The maximum Gasteiger partial charge on any atom is 0.0342 e. The zero-order valence-electron chi connectivity index (χ0n) is 11.8. The Morgan fingerprint density at radius 3 is 2.18 bits per heavy atom. The Kier molecular flexibility index (Phi) is 6.10. The van der Waals surface area contributed by atoms with Gasteiger partial charge in [-0.05, 0) is 37.0 Å². The molecule has 1 heteroatoms. The van der Waals surface area contributed by atoms with Crippen molar-refractivity contribution in [1.29, 1.82) is 0 Å². The van der Waals surface area contributed by atoms with Gasteiger partial charge < -0.3 is 5.32 Å². The Bertz CT molecular complexity index is 300. The molecule has 0 saturated carbocycles. The highest BCUT2D eigenvalue weighted by Gasteiger charge is 2.02.